The first-order valence-corrected chi connectivity index (χ1v) is 13.6. The SMILES string of the molecule is Cc1cc(C#N)nc(-c2ccnc3cc(CN4C(=O)C5C(C4=O)C5(C)C)sc23)c1C(=O)N1CCNC[C@H]1C. The molecule has 0 aromatic carbocycles. The van der Waals surface area contributed by atoms with Gasteiger partial charge in [-0.1, -0.05) is 13.8 Å². The van der Waals surface area contributed by atoms with Gasteiger partial charge in [-0.05, 0) is 43.0 Å². The van der Waals surface area contributed by atoms with Gasteiger partial charge in [0.05, 0.1) is 39.9 Å². The molecule has 0 radical (unpaired) electrons. The number of carbonyl (C=O) groups is 3. The molecule has 3 atom stereocenters. The number of thiophene rings is 1. The zero-order valence-corrected chi connectivity index (χ0v) is 22.6. The van der Waals surface area contributed by atoms with Crippen LogP contribution in [-0.2, 0) is 16.1 Å². The van der Waals surface area contributed by atoms with E-state index in [9.17, 15) is 19.6 Å². The number of nitriles is 1. The van der Waals surface area contributed by atoms with Crippen LogP contribution in [0.25, 0.3) is 21.5 Å². The van der Waals surface area contributed by atoms with Gasteiger partial charge in [0.2, 0.25) is 11.8 Å². The molecule has 194 valence electrons. The quantitative estimate of drug-likeness (QED) is 0.517. The van der Waals surface area contributed by atoms with Crippen LogP contribution in [0, 0.1) is 35.5 Å². The standard InChI is InChI=1S/C28H28N6O3S/c1-14-9-16(11-29)32-23(20(14)25(35)33-8-7-30-12-15(33)2)18-5-6-31-19-10-17(38-24(18)19)13-34-26(36)21-22(27(34)37)28(21,3)4/h5-6,9-10,15,21-22,30H,7-8,12-13H2,1-4H3/t15-,21?,22?/m1/s1. The van der Waals surface area contributed by atoms with E-state index < -0.39 is 0 Å². The summed E-state index contributed by atoms with van der Waals surface area (Å²) in [6.45, 7) is 10.0. The van der Waals surface area contributed by atoms with Crippen molar-refractivity contribution in [2.45, 2.75) is 40.3 Å². The number of imide groups is 1. The van der Waals surface area contributed by atoms with Gasteiger partial charge in [0.15, 0.2) is 0 Å². The third kappa shape index (κ3) is 3.64. The van der Waals surface area contributed by atoms with E-state index in [2.05, 4.69) is 21.4 Å². The van der Waals surface area contributed by atoms with E-state index in [1.54, 1.807) is 12.3 Å². The van der Waals surface area contributed by atoms with Crippen molar-refractivity contribution in [1.29, 1.82) is 5.26 Å². The Bertz CT molecular complexity index is 1550. The number of pyridine rings is 2. The zero-order valence-electron chi connectivity index (χ0n) is 21.7. The highest BCUT2D eigenvalue weighted by Crippen LogP contribution is 2.63. The first-order chi connectivity index (χ1) is 18.1. The Morgan fingerprint density at radius 3 is 2.68 bits per heavy atom. The Balaban J connectivity index is 1.41. The van der Waals surface area contributed by atoms with Gasteiger partial charge in [0, 0.05) is 42.3 Å². The normalized spacial score (nSPS) is 24.0. The van der Waals surface area contributed by atoms with E-state index in [0.29, 0.717) is 41.0 Å². The van der Waals surface area contributed by atoms with Crippen molar-refractivity contribution in [2.75, 3.05) is 19.6 Å². The molecule has 3 aliphatic rings. The summed E-state index contributed by atoms with van der Waals surface area (Å²) in [6.07, 6.45) is 1.66. The summed E-state index contributed by atoms with van der Waals surface area (Å²) in [4.78, 5) is 52.8. The molecule has 1 N–H and O–H groups in total. The summed E-state index contributed by atoms with van der Waals surface area (Å²) in [7, 11) is 0. The van der Waals surface area contributed by atoms with Crippen molar-refractivity contribution < 1.29 is 14.4 Å². The molecule has 0 bridgehead atoms. The fourth-order valence-electron chi connectivity index (χ4n) is 6.05. The monoisotopic (exact) mass is 528 g/mol. The minimum absolute atomic E-state index is 0.0247. The van der Waals surface area contributed by atoms with Crippen molar-refractivity contribution in [2.24, 2.45) is 17.3 Å². The second kappa shape index (κ2) is 8.68. The molecule has 3 fully saturated rings. The average molecular weight is 529 g/mol. The van der Waals surface area contributed by atoms with Crippen molar-refractivity contribution in [3.63, 3.8) is 0 Å². The van der Waals surface area contributed by atoms with Crippen molar-refractivity contribution >= 4 is 39.3 Å². The van der Waals surface area contributed by atoms with Gasteiger partial charge in [-0.25, -0.2) is 4.98 Å². The molecule has 1 aliphatic carbocycles. The Morgan fingerprint density at radius 1 is 1.26 bits per heavy atom. The van der Waals surface area contributed by atoms with Crippen LogP contribution in [0.4, 0.5) is 0 Å². The van der Waals surface area contributed by atoms with Crippen LogP contribution >= 0.6 is 11.3 Å². The molecule has 3 aromatic heterocycles. The fourth-order valence-corrected chi connectivity index (χ4v) is 7.17. The number of carbonyl (C=O) groups excluding carboxylic acids is 3. The number of nitrogens with zero attached hydrogens (tertiary/aromatic N) is 5. The molecule has 2 aliphatic heterocycles. The summed E-state index contributed by atoms with van der Waals surface area (Å²) in [5.41, 5.74) is 3.02. The first-order valence-electron chi connectivity index (χ1n) is 12.8. The number of hydrogen-bond donors (Lipinski definition) is 1. The Morgan fingerprint density at radius 2 is 2.00 bits per heavy atom. The molecule has 3 amide bonds. The van der Waals surface area contributed by atoms with Crippen LogP contribution in [-0.4, -0.2) is 63.2 Å². The maximum atomic E-state index is 13.8. The number of hydrogen-bond acceptors (Lipinski definition) is 8. The molecular weight excluding hydrogens is 500 g/mol. The molecule has 38 heavy (non-hydrogen) atoms. The molecular formula is C28H28N6O3S. The number of rotatable bonds is 4. The van der Waals surface area contributed by atoms with Crippen LogP contribution in [0.5, 0.6) is 0 Å². The third-order valence-electron chi connectivity index (χ3n) is 8.23. The van der Waals surface area contributed by atoms with Crippen molar-refractivity contribution in [3.8, 4) is 17.3 Å². The van der Waals surface area contributed by atoms with E-state index in [-0.39, 0.29) is 53.3 Å². The van der Waals surface area contributed by atoms with Gasteiger partial charge in [-0.2, -0.15) is 5.26 Å². The number of aryl methyl sites for hydroxylation is 1. The van der Waals surface area contributed by atoms with Crippen LogP contribution in [0.2, 0.25) is 0 Å². The molecule has 1 saturated carbocycles. The fraction of sp³-hybridized carbons (Fsp3) is 0.429. The average Bonchev–Trinajstić information content (AvgIpc) is 3.13. The first kappa shape index (κ1) is 24.6. The molecule has 10 heteroatoms. The Labute approximate surface area is 224 Å². The van der Waals surface area contributed by atoms with E-state index in [0.717, 1.165) is 16.1 Å². The van der Waals surface area contributed by atoms with Gasteiger partial charge < -0.3 is 10.2 Å². The smallest absolute Gasteiger partial charge is 0.256 e. The highest BCUT2D eigenvalue weighted by molar-refractivity contribution is 7.19. The van der Waals surface area contributed by atoms with Crippen LogP contribution in [0.1, 0.15) is 47.3 Å². The zero-order chi connectivity index (χ0) is 26.9. The second-order valence-electron chi connectivity index (χ2n) is 11.0. The number of nitrogens with one attached hydrogen (secondary N) is 1. The van der Waals surface area contributed by atoms with Gasteiger partial charge >= 0.3 is 0 Å². The van der Waals surface area contributed by atoms with Gasteiger partial charge in [-0.3, -0.25) is 24.3 Å². The second-order valence-corrected chi connectivity index (χ2v) is 12.2. The highest BCUT2D eigenvalue weighted by atomic mass is 32.1. The molecule has 9 nitrogen and oxygen atoms in total. The van der Waals surface area contributed by atoms with Crippen LogP contribution in [0.3, 0.4) is 0 Å². The van der Waals surface area contributed by atoms with E-state index in [1.165, 1.54) is 16.2 Å². The van der Waals surface area contributed by atoms with Gasteiger partial charge in [0.25, 0.3) is 5.91 Å². The van der Waals surface area contributed by atoms with Gasteiger partial charge in [0.1, 0.15) is 11.8 Å². The summed E-state index contributed by atoms with van der Waals surface area (Å²) in [6, 6.07) is 7.50. The Hall–Kier alpha value is -3.68. The minimum atomic E-state index is -0.250. The van der Waals surface area contributed by atoms with E-state index >= 15 is 0 Å². The number of amides is 3. The number of piperazine rings is 1. The molecule has 2 saturated heterocycles. The topological polar surface area (TPSA) is 119 Å². The lowest BCUT2D eigenvalue weighted by atomic mass is 9.98. The Kier molecular flexibility index (Phi) is 5.63. The van der Waals surface area contributed by atoms with Crippen LogP contribution in [0.15, 0.2) is 24.4 Å². The molecule has 5 heterocycles. The number of aromatic nitrogens is 2. The van der Waals surface area contributed by atoms with E-state index in [1.807, 2.05) is 44.7 Å². The summed E-state index contributed by atoms with van der Waals surface area (Å²) < 4.78 is 0.802. The molecule has 0 spiro atoms. The van der Waals surface area contributed by atoms with E-state index in [4.69, 9.17) is 0 Å². The highest BCUT2D eigenvalue weighted by Gasteiger charge is 2.72. The predicted molar refractivity (Wildman–Crippen MR) is 142 cm³/mol. The largest absolute Gasteiger partial charge is 0.333 e. The number of piperidine rings is 1. The molecule has 3 aromatic rings. The lowest BCUT2D eigenvalue weighted by Crippen LogP contribution is -2.52. The predicted octanol–water partition coefficient (Wildman–Crippen LogP) is 3.11. The maximum Gasteiger partial charge on any atom is 0.256 e. The summed E-state index contributed by atoms with van der Waals surface area (Å²) in [5.74, 6) is -0.763. The third-order valence-corrected chi connectivity index (χ3v) is 9.37. The number of likely N-dealkylation sites (tertiary alicyclic amines) is 1. The summed E-state index contributed by atoms with van der Waals surface area (Å²) >= 11 is 1.44. The van der Waals surface area contributed by atoms with Crippen molar-refractivity contribution in [3.05, 3.63) is 46.1 Å². The van der Waals surface area contributed by atoms with Crippen molar-refractivity contribution in [1.82, 2.24) is 25.1 Å². The molecule has 2 unspecified atom stereocenters. The minimum Gasteiger partial charge on any atom is -0.333 e. The van der Waals surface area contributed by atoms with Gasteiger partial charge in [-0.15, -0.1) is 11.3 Å². The molecule has 6 rings (SSSR count). The maximum absolute atomic E-state index is 13.8. The summed E-state index contributed by atoms with van der Waals surface area (Å²) in [5, 5.41) is 13.0. The lowest BCUT2D eigenvalue weighted by Gasteiger charge is -2.34. The lowest BCUT2D eigenvalue weighted by molar-refractivity contribution is -0.143. The number of fused-ring (bicyclic) bond motifs is 2. The van der Waals surface area contributed by atoms with Crippen LogP contribution < -0.4 is 5.32 Å².